The van der Waals surface area contributed by atoms with E-state index >= 15 is 0 Å². The van der Waals surface area contributed by atoms with Gasteiger partial charge in [0, 0.05) is 31.9 Å². The number of aryl methyl sites for hydroxylation is 1. The summed E-state index contributed by atoms with van der Waals surface area (Å²) in [6.07, 6.45) is 3.48. The Morgan fingerprint density at radius 2 is 2.29 bits per heavy atom. The molecule has 94 valence electrons. The molecule has 0 bridgehead atoms. The molecule has 1 fully saturated rings. The van der Waals surface area contributed by atoms with Crippen LogP contribution in [0, 0.1) is 0 Å². The van der Waals surface area contributed by atoms with Crippen molar-refractivity contribution in [3.63, 3.8) is 0 Å². The fourth-order valence-electron chi connectivity index (χ4n) is 2.39. The summed E-state index contributed by atoms with van der Waals surface area (Å²) in [7, 11) is 1.83. The molecule has 2 atom stereocenters. The monoisotopic (exact) mass is 255 g/mol. The first-order chi connectivity index (χ1) is 7.99. The number of carbonyl (C=O) groups excluding carboxylic acids is 1. The minimum absolute atomic E-state index is 0.0406. The number of nitrogens with zero attached hydrogens (tertiary/aromatic N) is 2. The SMILES string of the molecule is CC1CC(N)CCN1C(=O)c1cc(Cl)cn1C. The molecule has 0 aromatic carbocycles. The van der Waals surface area contributed by atoms with E-state index in [0.29, 0.717) is 10.7 Å². The Kier molecular flexibility index (Phi) is 3.45. The molecular weight excluding hydrogens is 238 g/mol. The first kappa shape index (κ1) is 12.5. The molecule has 1 aromatic rings. The number of amides is 1. The van der Waals surface area contributed by atoms with E-state index in [2.05, 4.69) is 0 Å². The van der Waals surface area contributed by atoms with Gasteiger partial charge in [-0.15, -0.1) is 0 Å². The largest absolute Gasteiger partial charge is 0.345 e. The first-order valence-electron chi connectivity index (χ1n) is 5.87. The standard InChI is InChI=1S/C12H18ClN3O/c1-8-5-10(14)3-4-16(8)12(17)11-6-9(13)7-15(11)2/h6-8,10H,3-5,14H2,1-2H3. The topological polar surface area (TPSA) is 51.3 Å². The van der Waals surface area contributed by atoms with Crippen molar-refractivity contribution >= 4 is 17.5 Å². The van der Waals surface area contributed by atoms with Crippen molar-refractivity contribution in [2.45, 2.75) is 31.8 Å². The summed E-state index contributed by atoms with van der Waals surface area (Å²) in [6, 6.07) is 2.12. The van der Waals surface area contributed by atoms with Gasteiger partial charge < -0.3 is 15.2 Å². The molecule has 0 saturated carbocycles. The lowest BCUT2D eigenvalue weighted by Crippen LogP contribution is -2.48. The van der Waals surface area contributed by atoms with Gasteiger partial charge in [0.05, 0.1) is 5.02 Å². The van der Waals surface area contributed by atoms with Crippen LogP contribution in [0.3, 0.4) is 0 Å². The molecule has 0 aliphatic carbocycles. The number of likely N-dealkylation sites (tertiary alicyclic amines) is 1. The van der Waals surface area contributed by atoms with E-state index in [1.54, 1.807) is 16.8 Å². The highest BCUT2D eigenvalue weighted by atomic mass is 35.5. The zero-order chi connectivity index (χ0) is 12.6. The summed E-state index contributed by atoms with van der Waals surface area (Å²) in [6.45, 7) is 2.77. The molecular formula is C12H18ClN3O. The third-order valence-electron chi connectivity index (χ3n) is 3.37. The highest BCUT2D eigenvalue weighted by molar-refractivity contribution is 6.31. The van der Waals surface area contributed by atoms with Crippen molar-refractivity contribution in [1.29, 1.82) is 0 Å². The van der Waals surface area contributed by atoms with Crippen LogP contribution < -0.4 is 5.73 Å². The molecule has 1 aliphatic rings. The molecule has 2 unspecified atom stereocenters. The van der Waals surface area contributed by atoms with Crippen molar-refractivity contribution in [3.05, 3.63) is 23.0 Å². The predicted octanol–water partition coefficient (Wildman–Crippen LogP) is 1.63. The Morgan fingerprint density at radius 1 is 1.59 bits per heavy atom. The molecule has 0 spiro atoms. The van der Waals surface area contributed by atoms with Gasteiger partial charge in [0.2, 0.25) is 0 Å². The van der Waals surface area contributed by atoms with Crippen LogP contribution in [0.4, 0.5) is 0 Å². The van der Waals surface area contributed by atoms with Gasteiger partial charge in [-0.1, -0.05) is 11.6 Å². The average molecular weight is 256 g/mol. The molecule has 1 aromatic heterocycles. The van der Waals surface area contributed by atoms with Crippen LogP contribution in [0.25, 0.3) is 0 Å². The molecule has 2 N–H and O–H groups in total. The average Bonchev–Trinajstić information content (AvgIpc) is 2.57. The van der Waals surface area contributed by atoms with Gasteiger partial charge in [-0.2, -0.15) is 0 Å². The lowest BCUT2D eigenvalue weighted by atomic mass is 9.99. The van der Waals surface area contributed by atoms with Gasteiger partial charge in [-0.3, -0.25) is 4.79 Å². The van der Waals surface area contributed by atoms with E-state index in [1.807, 2.05) is 18.9 Å². The molecule has 4 nitrogen and oxygen atoms in total. The number of piperidine rings is 1. The highest BCUT2D eigenvalue weighted by Crippen LogP contribution is 2.21. The summed E-state index contributed by atoms with van der Waals surface area (Å²) < 4.78 is 1.77. The van der Waals surface area contributed by atoms with Gasteiger partial charge in [-0.25, -0.2) is 0 Å². The van der Waals surface area contributed by atoms with Gasteiger partial charge in [0.1, 0.15) is 5.69 Å². The van der Waals surface area contributed by atoms with Crippen LogP contribution in [0.1, 0.15) is 30.3 Å². The second-order valence-corrected chi connectivity index (χ2v) is 5.22. The second kappa shape index (κ2) is 4.70. The normalized spacial score (nSPS) is 25.1. The lowest BCUT2D eigenvalue weighted by molar-refractivity contribution is 0.0609. The number of rotatable bonds is 1. The van der Waals surface area contributed by atoms with Gasteiger partial charge in [0.25, 0.3) is 5.91 Å². The summed E-state index contributed by atoms with van der Waals surface area (Å²) in [4.78, 5) is 14.2. The summed E-state index contributed by atoms with van der Waals surface area (Å²) in [5.74, 6) is 0.0406. The van der Waals surface area contributed by atoms with Gasteiger partial charge in [0.15, 0.2) is 0 Å². The quantitative estimate of drug-likeness (QED) is 0.829. The minimum atomic E-state index is 0.0406. The summed E-state index contributed by atoms with van der Waals surface area (Å²) >= 11 is 5.90. The number of hydrogen-bond acceptors (Lipinski definition) is 2. The molecule has 1 amide bonds. The Hall–Kier alpha value is -1.00. The third-order valence-corrected chi connectivity index (χ3v) is 3.57. The number of halogens is 1. The molecule has 2 heterocycles. The molecule has 0 radical (unpaired) electrons. The molecule has 1 aliphatic heterocycles. The fourth-order valence-corrected chi connectivity index (χ4v) is 2.64. The molecule has 2 rings (SSSR count). The smallest absolute Gasteiger partial charge is 0.270 e. The van der Waals surface area contributed by atoms with E-state index in [1.165, 1.54) is 0 Å². The lowest BCUT2D eigenvalue weighted by Gasteiger charge is -2.36. The van der Waals surface area contributed by atoms with Crippen LogP contribution in [0.15, 0.2) is 12.3 Å². The summed E-state index contributed by atoms with van der Waals surface area (Å²) in [5, 5.41) is 0.595. The van der Waals surface area contributed by atoms with Crippen molar-refractivity contribution in [3.8, 4) is 0 Å². The maximum absolute atomic E-state index is 12.4. The maximum atomic E-state index is 12.4. The van der Waals surface area contributed by atoms with Crippen molar-refractivity contribution in [2.75, 3.05) is 6.54 Å². The Morgan fingerprint density at radius 3 is 2.82 bits per heavy atom. The van der Waals surface area contributed by atoms with E-state index in [9.17, 15) is 4.79 Å². The molecule has 5 heteroatoms. The number of hydrogen-bond donors (Lipinski definition) is 1. The zero-order valence-electron chi connectivity index (χ0n) is 10.2. The van der Waals surface area contributed by atoms with Crippen molar-refractivity contribution < 1.29 is 4.79 Å². The van der Waals surface area contributed by atoms with Crippen molar-refractivity contribution in [2.24, 2.45) is 12.8 Å². The maximum Gasteiger partial charge on any atom is 0.270 e. The fraction of sp³-hybridized carbons (Fsp3) is 0.583. The van der Waals surface area contributed by atoms with Crippen molar-refractivity contribution in [1.82, 2.24) is 9.47 Å². The minimum Gasteiger partial charge on any atom is -0.345 e. The van der Waals surface area contributed by atoms with Gasteiger partial charge >= 0.3 is 0 Å². The van der Waals surface area contributed by atoms with Crippen LogP contribution in [-0.2, 0) is 7.05 Å². The van der Waals surface area contributed by atoms with Crippen LogP contribution >= 0.6 is 11.6 Å². The number of aromatic nitrogens is 1. The first-order valence-corrected chi connectivity index (χ1v) is 6.25. The Bertz CT molecular complexity index is 429. The number of nitrogens with two attached hydrogens (primary N) is 1. The predicted molar refractivity (Wildman–Crippen MR) is 68.1 cm³/mol. The van der Waals surface area contributed by atoms with Crippen LogP contribution in [0.5, 0.6) is 0 Å². The Balaban J connectivity index is 2.17. The molecule has 17 heavy (non-hydrogen) atoms. The number of carbonyl (C=O) groups is 1. The molecule has 1 saturated heterocycles. The van der Waals surface area contributed by atoms with Gasteiger partial charge in [-0.05, 0) is 25.8 Å². The van der Waals surface area contributed by atoms with E-state index in [4.69, 9.17) is 17.3 Å². The third kappa shape index (κ3) is 2.48. The zero-order valence-corrected chi connectivity index (χ0v) is 10.9. The Labute approximate surface area is 106 Å². The summed E-state index contributed by atoms with van der Waals surface area (Å²) in [5.41, 5.74) is 6.53. The van der Waals surface area contributed by atoms with E-state index in [0.717, 1.165) is 19.4 Å². The van der Waals surface area contributed by atoms with E-state index in [-0.39, 0.29) is 18.0 Å². The van der Waals surface area contributed by atoms with Crippen LogP contribution in [0.2, 0.25) is 5.02 Å². The highest BCUT2D eigenvalue weighted by Gasteiger charge is 2.28. The van der Waals surface area contributed by atoms with E-state index < -0.39 is 0 Å². The second-order valence-electron chi connectivity index (χ2n) is 4.79. The van der Waals surface area contributed by atoms with Crippen LogP contribution in [-0.4, -0.2) is 34.0 Å².